The van der Waals surface area contributed by atoms with E-state index in [0.29, 0.717) is 5.57 Å². The fourth-order valence-electron chi connectivity index (χ4n) is 2.93. The van der Waals surface area contributed by atoms with Crippen LogP contribution in [0.4, 0.5) is 0 Å². The summed E-state index contributed by atoms with van der Waals surface area (Å²) >= 11 is 2.38. The van der Waals surface area contributed by atoms with Gasteiger partial charge < -0.3 is 0 Å². The lowest BCUT2D eigenvalue weighted by Gasteiger charge is -2.10. The van der Waals surface area contributed by atoms with E-state index in [-0.39, 0.29) is 10.2 Å². The summed E-state index contributed by atoms with van der Waals surface area (Å²) in [6.07, 6.45) is 1.33. The van der Waals surface area contributed by atoms with Crippen molar-refractivity contribution in [2.24, 2.45) is 0 Å². The van der Waals surface area contributed by atoms with Crippen LogP contribution in [0.15, 0.2) is 101 Å². The number of hydrogen-bond acceptors (Lipinski definition) is 4. The maximum absolute atomic E-state index is 11.8. The van der Waals surface area contributed by atoms with Crippen molar-refractivity contribution in [3.8, 4) is 22.3 Å². The average molecular weight is 431 g/mol. The molecular weight excluding hydrogens is 408 g/mol. The lowest BCUT2D eigenvalue weighted by atomic mass is 9.98. The van der Waals surface area contributed by atoms with Gasteiger partial charge in [-0.25, -0.2) is 0 Å². The Labute approximate surface area is 186 Å². The third kappa shape index (κ3) is 5.41. The normalized spacial score (nSPS) is 10.5. The van der Waals surface area contributed by atoms with Crippen LogP contribution in [0, 0.1) is 6.92 Å². The van der Waals surface area contributed by atoms with E-state index in [4.69, 9.17) is 0 Å². The molecule has 0 amide bonds. The van der Waals surface area contributed by atoms with Crippen LogP contribution in [-0.2, 0) is 9.59 Å². The average Bonchev–Trinajstić information content (AvgIpc) is 2.74. The van der Waals surface area contributed by atoms with E-state index in [1.165, 1.54) is 29.6 Å². The molecule has 0 saturated carbocycles. The molecule has 0 unspecified atom stereocenters. The summed E-state index contributed by atoms with van der Waals surface area (Å²) in [5, 5.41) is -0.0688. The summed E-state index contributed by atoms with van der Waals surface area (Å²) in [4.78, 5) is 25.2. The first-order chi connectivity index (χ1) is 14.4. The first-order valence-electron chi connectivity index (χ1n) is 9.41. The van der Waals surface area contributed by atoms with Gasteiger partial charge in [-0.05, 0) is 101 Å². The molecule has 4 heteroatoms. The van der Waals surface area contributed by atoms with Crippen LogP contribution in [0.3, 0.4) is 0 Å². The van der Waals surface area contributed by atoms with Crippen molar-refractivity contribution in [2.45, 2.75) is 23.6 Å². The second-order valence-electron chi connectivity index (χ2n) is 6.87. The van der Waals surface area contributed by atoms with Crippen molar-refractivity contribution in [3.05, 3.63) is 97.1 Å². The molecular formula is C26H22O2S2. The molecule has 0 aliphatic rings. The van der Waals surface area contributed by atoms with E-state index < -0.39 is 0 Å². The zero-order valence-corrected chi connectivity index (χ0v) is 18.6. The Hall–Kier alpha value is -2.82. The number of carbonyl (C=O) groups is 2. The minimum Gasteiger partial charge on any atom is -0.282 e. The number of aryl methyl sites for hydroxylation is 1. The topological polar surface area (TPSA) is 34.1 Å². The van der Waals surface area contributed by atoms with E-state index in [9.17, 15) is 9.59 Å². The van der Waals surface area contributed by atoms with Crippen molar-refractivity contribution in [1.29, 1.82) is 0 Å². The molecule has 3 rings (SSSR count). The smallest absolute Gasteiger partial charge is 0.219 e. The minimum absolute atomic E-state index is 0.0132. The molecule has 0 atom stereocenters. The van der Waals surface area contributed by atoms with Crippen molar-refractivity contribution < 1.29 is 9.59 Å². The summed E-state index contributed by atoms with van der Waals surface area (Å²) in [7, 11) is 0. The van der Waals surface area contributed by atoms with E-state index in [1.807, 2.05) is 49.4 Å². The van der Waals surface area contributed by atoms with Crippen LogP contribution in [0.2, 0.25) is 0 Å². The third-order valence-electron chi connectivity index (χ3n) is 4.53. The summed E-state index contributed by atoms with van der Waals surface area (Å²) < 4.78 is 0. The van der Waals surface area contributed by atoms with Crippen molar-refractivity contribution in [2.75, 3.05) is 0 Å². The summed E-state index contributed by atoms with van der Waals surface area (Å²) in [5.41, 5.74) is 6.15. The van der Waals surface area contributed by atoms with Gasteiger partial charge in [-0.3, -0.25) is 9.59 Å². The number of benzene rings is 3. The molecule has 0 aliphatic carbocycles. The molecule has 0 bridgehead atoms. The Morgan fingerprint density at radius 1 is 0.800 bits per heavy atom. The highest BCUT2D eigenvalue weighted by Gasteiger charge is 2.08. The lowest BCUT2D eigenvalue weighted by molar-refractivity contribution is -0.108. The van der Waals surface area contributed by atoms with Crippen LogP contribution in [0.1, 0.15) is 12.5 Å². The maximum atomic E-state index is 11.8. The van der Waals surface area contributed by atoms with E-state index in [2.05, 4.69) is 37.4 Å². The highest BCUT2D eigenvalue weighted by Crippen LogP contribution is 2.31. The molecule has 0 fully saturated rings. The Bertz CT molecular complexity index is 1110. The monoisotopic (exact) mass is 430 g/mol. The molecule has 0 aliphatic heterocycles. The molecule has 0 aromatic heterocycles. The van der Waals surface area contributed by atoms with Gasteiger partial charge >= 0.3 is 0 Å². The Kier molecular flexibility index (Phi) is 7.14. The molecule has 0 radical (unpaired) electrons. The van der Waals surface area contributed by atoms with Crippen LogP contribution < -0.4 is 0 Å². The molecule has 30 heavy (non-hydrogen) atoms. The fraction of sp³-hybridized carbons (Fsp3) is 0.0769. The zero-order chi connectivity index (χ0) is 21.7. The highest BCUT2D eigenvalue weighted by atomic mass is 32.2. The van der Waals surface area contributed by atoms with Crippen molar-refractivity contribution >= 4 is 33.8 Å². The minimum atomic E-state index is -0.0556. The first kappa shape index (κ1) is 21.9. The van der Waals surface area contributed by atoms with Crippen LogP contribution in [-0.4, -0.2) is 10.2 Å². The largest absolute Gasteiger partial charge is 0.282 e. The second kappa shape index (κ2) is 9.79. The number of rotatable bonds is 6. The molecule has 0 N–H and O–H groups in total. The van der Waals surface area contributed by atoms with Gasteiger partial charge in [-0.1, -0.05) is 55.6 Å². The van der Waals surface area contributed by atoms with Gasteiger partial charge in [0.05, 0.1) is 0 Å². The van der Waals surface area contributed by atoms with Gasteiger partial charge in [0.25, 0.3) is 0 Å². The van der Waals surface area contributed by atoms with Gasteiger partial charge in [-0.15, -0.1) is 0 Å². The van der Waals surface area contributed by atoms with Gasteiger partial charge in [0.15, 0.2) is 0 Å². The van der Waals surface area contributed by atoms with Crippen LogP contribution in [0.25, 0.3) is 22.3 Å². The standard InChI is InChI=1S/C26H22O2S2/c1-5-25(27)29-23-14-15-24(18(4)16-23)21-8-6-19(7-9-21)20-10-12-22(13-11-20)30-26(28)17(2)3/h5-16H,1-2H2,3-4H3. The van der Waals surface area contributed by atoms with E-state index >= 15 is 0 Å². The summed E-state index contributed by atoms with van der Waals surface area (Å²) in [6.45, 7) is 11.0. The second-order valence-corrected chi connectivity index (χ2v) is 9.00. The van der Waals surface area contributed by atoms with Crippen LogP contribution >= 0.6 is 23.5 Å². The Morgan fingerprint density at radius 2 is 1.33 bits per heavy atom. The number of hydrogen-bond donors (Lipinski definition) is 0. The molecule has 3 aromatic rings. The summed E-state index contributed by atoms with van der Waals surface area (Å²) in [5.74, 6) is 0. The molecule has 0 spiro atoms. The highest BCUT2D eigenvalue weighted by molar-refractivity contribution is 8.14. The van der Waals surface area contributed by atoms with Crippen LogP contribution in [0.5, 0.6) is 0 Å². The molecule has 0 heterocycles. The quantitative estimate of drug-likeness (QED) is 0.303. The number of carbonyl (C=O) groups excluding carboxylic acids is 2. The zero-order valence-electron chi connectivity index (χ0n) is 17.0. The summed E-state index contributed by atoms with van der Waals surface area (Å²) in [6, 6.07) is 22.4. The fourth-order valence-corrected chi connectivity index (χ4v) is 4.28. The van der Waals surface area contributed by atoms with Gasteiger partial charge in [0, 0.05) is 9.79 Å². The Morgan fingerprint density at radius 3 is 1.87 bits per heavy atom. The molecule has 2 nitrogen and oxygen atoms in total. The van der Waals surface area contributed by atoms with Gasteiger partial charge in [-0.2, -0.15) is 0 Å². The first-order valence-corrected chi connectivity index (χ1v) is 11.0. The molecule has 3 aromatic carbocycles. The van der Waals surface area contributed by atoms with Crippen molar-refractivity contribution in [3.63, 3.8) is 0 Å². The van der Waals surface area contributed by atoms with E-state index in [0.717, 1.165) is 37.6 Å². The lowest BCUT2D eigenvalue weighted by Crippen LogP contribution is -1.90. The maximum Gasteiger partial charge on any atom is 0.219 e. The predicted molar refractivity (Wildman–Crippen MR) is 129 cm³/mol. The van der Waals surface area contributed by atoms with Gasteiger partial charge in [0.2, 0.25) is 10.2 Å². The third-order valence-corrected chi connectivity index (χ3v) is 6.42. The predicted octanol–water partition coefficient (Wildman–Crippen LogP) is 7.33. The molecule has 0 saturated heterocycles. The Balaban J connectivity index is 1.76. The van der Waals surface area contributed by atoms with Crippen molar-refractivity contribution in [1.82, 2.24) is 0 Å². The SMILES string of the molecule is C=CC(=O)Sc1ccc(-c2ccc(-c3ccc(SC(=O)C(=C)C)cc3)cc2)c(C)c1. The number of thioether (sulfide) groups is 2. The molecule has 150 valence electrons. The van der Waals surface area contributed by atoms with E-state index in [1.54, 1.807) is 6.92 Å². The van der Waals surface area contributed by atoms with Gasteiger partial charge in [0.1, 0.15) is 0 Å².